The molecule has 0 aromatic rings. The lowest BCUT2D eigenvalue weighted by atomic mass is 9.98. The highest BCUT2D eigenvalue weighted by atomic mass is 32.2. The molecule has 0 amide bonds. The normalized spacial score (nSPS) is 31.0. The standard InChI is InChI=1S/C27H38O17S/c1-11(28)36-9-18-20(37-12(2)29)23(40-15(5)32)25(42-17(7)34)27(44-18)45-10-19-21(38-13(3)30)22(39-14(4)31)24(41-16(6)33)26(35-8)43-19/h18-27H,9-10H2,1-8H3/t18-,19-,20-,21-,22+,23+,24-,25-,26+,27+/m1/s1. The summed E-state index contributed by atoms with van der Waals surface area (Å²) >= 11 is 0.931. The van der Waals surface area contributed by atoms with Crippen molar-refractivity contribution in [3.63, 3.8) is 0 Å². The van der Waals surface area contributed by atoms with Crippen molar-refractivity contribution in [2.45, 2.75) is 109 Å². The number of ether oxygens (including phenoxy) is 10. The third-order valence-corrected chi connectivity index (χ3v) is 7.33. The zero-order chi connectivity index (χ0) is 34.0. The molecule has 2 heterocycles. The van der Waals surface area contributed by atoms with Gasteiger partial charge in [-0.15, -0.1) is 11.8 Å². The predicted octanol–water partition coefficient (Wildman–Crippen LogP) is -0.0309. The molecule has 10 atom stereocenters. The van der Waals surface area contributed by atoms with Crippen LogP contribution in [-0.4, -0.2) is 122 Å². The van der Waals surface area contributed by atoms with Gasteiger partial charge in [-0.05, 0) is 0 Å². The van der Waals surface area contributed by atoms with E-state index in [4.69, 9.17) is 47.4 Å². The van der Waals surface area contributed by atoms with E-state index in [1.54, 1.807) is 0 Å². The van der Waals surface area contributed by atoms with Crippen LogP contribution in [0.25, 0.3) is 0 Å². The van der Waals surface area contributed by atoms with Crippen LogP contribution in [0.5, 0.6) is 0 Å². The summed E-state index contributed by atoms with van der Waals surface area (Å²) in [4.78, 5) is 83.8. The lowest BCUT2D eigenvalue weighted by molar-refractivity contribution is -0.294. The average molecular weight is 667 g/mol. The van der Waals surface area contributed by atoms with E-state index in [1.807, 2.05) is 0 Å². The molecule has 17 nitrogen and oxygen atoms in total. The molecular weight excluding hydrogens is 628 g/mol. The number of hydrogen-bond acceptors (Lipinski definition) is 18. The maximum Gasteiger partial charge on any atom is 0.303 e. The van der Waals surface area contributed by atoms with Gasteiger partial charge in [0.05, 0.1) is 0 Å². The Morgan fingerprint density at radius 1 is 0.511 bits per heavy atom. The Morgan fingerprint density at radius 3 is 1.36 bits per heavy atom. The van der Waals surface area contributed by atoms with Crippen LogP contribution in [0.1, 0.15) is 48.5 Å². The Balaban J connectivity index is 2.51. The van der Waals surface area contributed by atoms with E-state index in [1.165, 1.54) is 7.11 Å². The molecule has 0 unspecified atom stereocenters. The molecule has 0 N–H and O–H groups in total. The van der Waals surface area contributed by atoms with Gasteiger partial charge in [-0.2, -0.15) is 0 Å². The van der Waals surface area contributed by atoms with Crippen molar-refractivity contribution < 1.29 is 80.9 Å². The average Bonchev–Trinajstić information content (AvgIpc) is 2.90. The number of carbonyl (C=O) groups is 7. The lowest BCUT2D eigenvalue weighted by Crippen LogP contribution is -2.63. The quantitative estimate of drug-likeness (QED) is 0.198. The van der Waals surface area contributed by atoms with Gasteiger partial charge in [0.25, 0.3) is 0 Å². The van der Waals surface area contributed by atoms with E-state index >= 15 is 0 Å². The molecule has 0 aromatic heterocycles. The van der Waals surface area contributed by atoms with Gasteiger partial charge in [-0.3, -0.25) is 33.6 Å². The van der Waals surface area contributed by atoms with Crippen molar-refractivity contribution in [3.05, 3.63) is 0 Å². The zero-order valence-corrected chi connectivity index (χ0v) is 26.9. The molecule has 0 radical (unpaired) electrons. The van der Waals surface area contributed by atoms with E-state index in [0.29, 0.717) is 0 Å². The summed E-state index contributed by atoms with van der Waals surface area (Å²) < 4.78 is 55.0. The fourth-order valence-corrected chi connectivity index (χ4v) is 5.96. The van der Waals surface area contributed by atoms with Crippen molar-refractivity contribution in [1.29, 1.82) is 0 Å². The molecule has 2 saturated heterocycles. The smallest absolute Gasteiger partial charge is 0.303 e. The summed E-state index contributed by atoms with van der Waals surface area (Å²) in [5.74, 6) is -5.52. The molecule has 45 heavy (non-hydrogen) atoms. The Hall–Kier alpha value is -3.48. The van der Waals surface area contributed by atoms with E-state index in [9.17, 15) is 33.6 Å². The van der Waals surface area contributed by atoms with Gasteiger partial charge in [-0.1, -0.05) is 0 Å². The van der Waals surface area contributed by atoms with Crippen LogP contribution in [-0.2, 0) is 80.9 Å². The first-order valence-electron chi connectivity index (χ1n) is 13.7. The molecule has 2 aliphatic rings. The number of esters is 7. The maximum atomic E-state index is 12.2. The fourth-order valence-electron chi connectivity index (χ4n) is 4.69. The Bertz CT molecular complexity index is 1110. The second kappa shape index (κ2) is 17.3. The minimum absolute atomic E-state index is 0.143. The highest BCUT2D eigenvalue weighted by Gasteiger charge is 2.55. The van der Waals surface area contributed by atoms with Gasteiger partial charge in [0.1, 0.15) is 24.3 Å². The van der Waals surface area contributed by atoms with Gasteiger partial charge in [0.15, 0.2) is 42.9 Å². The van der Waals surface area contributed by atoms with Gasteiger partial charge in [0, 0.05) is 61.3 Å². The van der Waals surface area contributed by atoms with Gasteiger partial charge in [-0.25, -0.2) is 0 Å². The summed E-state index contributed by atoms with van der Waals surface area (Å²) in [7, 11) is 1.25. The third kappa shape index (κ3) is 11.4. The lowest BCUT2D eigenvalue weighted by Gasteiger charge is -2.46. The van der Waals surface area contributed by atoms with Crippen molar-refractivity contribution in [3.8, 4) is 0 Å². The van der Waals surface area contributed by atoms with Crippen LogP contribution < -0.4 is 0 Å². The number of carbonyl (C=O) groups excluding carboxylic acids is 7. The summed E-state index contributed by atoms with van der Waals surface area (Å²) in [5, 5.41) is 0. The molecule has 254 valence electrons. The van der Waals surface area contributed by atoms with Crippen LogP contribution in [0.3, 0.4) is 0 Å². The van der Waals surface area contributed by atoms with E-state index < -0.39 is 109 Å². The third-order valence-electron chi connectivity index (χ3n) is 6.10. The number of thioether (sulfide) groups is 1. The van der Waals surface area contributed by atoms with Crippen LogP contribution in [0, 0.1) is 0 Å². The van der Waals surface area contributed by atoms with Crippen LogP contribution >= 0.6 is 11.8 Å². The monoisotopic (exact) mass is 666 g/mol. The first kappa shape index (κ1) is 37.7. The molecule has 0 saturated carbocycles. The SMILES string of the molecule is CO[C@H]1O[C@H](CS[C@@H]2O[C@H](COC(C)=O)[C@@H](OC(C)=O)[C@H](OC(C)=O)[C@H]2OC(C)=O)[C@@H](OC(C)=O)[C@H](OC(C)=O)[C@H]1OC(C)=O. The fraction of sp³-hybridized carbons (Fsp3) is 0.741. The molecule has 18 heteroatoms. The maximum absolute atomic E-state index is 12.2. The van der Waals surface area contributed by atoms with Gasteiger partial charge < -0.3 is 47.4 Å². The predicted molar refractivity (Wildman–Crippen MR) is 147 cm³/mol. The topological polar surface area (TPSA) is 212 Å². The number of rotatable bonds is 12. The Kier molecular flexibility index (Phi) is 14.5. The second-order valence-electron chi connectivity index (χ2n) is 9.90. The first-order valence-corrected chi connectivity index (χ1v) is 14.7. The molecule has 0 spiro atoms. The summed E-state index contributed by atoms with van der Waals surface area (Å²) in [5.41, 5.74) is -1.19. The van der Waals surface area contributed by atoms with Crippen molar-refractivity contribution >= 4 is 53.5 Å². The molecule has 0 aromatic carbocycles. The molecule has 2 fully saturated rings. The van der Waals surface area contributed by atoms with Crippen LogP contribution in [0.2, 0.25) is 0 Å². The minimum Gasteiger partial charge on any atom is -0.463 e. The highest BCUT2D eigenvalue weighted by Crippen LogP contribution is 2.37. The summed E-state index contributed by atoms with van der Waals surface area (Å²) in [6.45, 7) is 7.33. The minimum atomic E-state index is -1.41. The number of methoxy groups -OCH3 is 1. The molecule has 2 aliphatic heterocycles. The van der Waals surface area contributed by atoms with Gasteiger partial charge in [0.2, 0.25) is 0 Å². The van der Waals surface area contributed by atoms with Crippen LogP contribution in [0.4, 0.5) is 0 Å². The summed E-state index contributed by atoms with van der Waals surface area (Å²) in [6.07, 6.45) is -11.8. The van der Waals surface area contributed by atoms with Crippen molar-refractivity contribution in [2.24, 2.45) is 0 Å². The van der Waals surface area contributed by atoms with Crippen molar-refractivity contribution in [1.82, 2.24) is 0 Å². The zero-order valence-electron chi connectivity index (χ0n) is 26.0. The number of hydrogen-bond donors (Lipinski definition) is 0. The first-order chi connectivity index (χ1) is 21.0. The van der Waals surface area contributed by atoms with E-state index in [2.05, 4.69) is 0 Å². The molecule has 0 bridgehead atoms. The van der Waals surface area contributed by atoms with Crippen molar-refractivity contribution in [2.75, 3.05) is 19.5 Å². The second-order valence-corrected chi connectivity index (χ2v) is 11.0. The molecule has 2 rings (SSSR count). The van der Waals surface area contributed by atoms with E-state index in [-0.39, 0.29) is 5.75 Å². The van der Waals surface area contributed by atoms with Crippen LogP contribution in [0.15, 0.2) is 0 Å². The largest absolute Gasteiger partial charge is 0.463 e. The van der Waals surface area contributed by atoms with Gasteiger partial charge >= 0.3 is 41.8 Å². The molecule has 0 aliphatic carbocycles. The van der Waals surface area contributed by atoms with E-state index in [0.717, 1.165) is 60.2 Å². The summed E-state index contributed by atoms with van der Waals surface area (Å²) in [6, 6.07) is 0. The Labute approximate surface area is 263 Å². The Morgan fingerprint density at radius 2 is 0.911 bits per heavy atom. The highest BCUT2D eigenvalue weighted by molar-refractivity contribution is 7.99. The molecular formula is C27H38O17S.